The van der Waals surface area contributed by atoms with Crippen molar-refractivity contribution in [2.45, 2.75) is 18.9 Å². The zero-order chi connectivity index (χ0) is 16.4. The van der Waals surface area contributed by atoms with Crippen molar-refractivity contribution in [3.05, 3.63) is 59.5 Å². The van der Waals surface area contributed by atoms with Crippen molar-refractivity contribution in [2.75, 3.05) is 13.1 Å². The third kappa shape index (κ3) is 3.21. The Balaban J connectivity index is 1.57. The summed E-state index contributed by atoms with van der Waals surface area (Å²) in [4.78, 5) is 13.3. The maximum atomic E-state index is 12.5. The molecule has 122 valence electrons. The van der Waals surface area contributed by atoms with Gasteiger partial charge in [-0.15, -0.1) is 11.3 Å². The predicted octanol–water partition coefficient (Wildman–Crippen LogP) is 4.05. The van der Waals surface area contributed by atoms with Gasteiger partial charge in [0.05, 0.1) is 4.88 Å². The van der Waals surface area contributed by atoms with Gasteiger partial charge < -0.3 is 10.6 Å². The first-order chi connectivity index (χ1) is 11.8. The first-order valence-electron chi connectivity index (χ1n) is 8.40. The van der Waals surface area contributed by atoms with Crippen LogP contribution in [0.5, 0.6) is 0 Å². The average Bonchev–Trinajstić information content (AvgIpc) is 3.07. The molecule has 0 spiro atoms. The van der Waals surface area contributed by atoms with Crippen LogP contribution in [0.15, 0.2) is 54.6 Å². The van der Waals surface area contributed by atoms with Crippen LogP contribution >= 0.6 is 11.3 Å². The number of fused-ring (bicyclic) bond motifs is 1. The molecule has 0 aliphatic carbocycles. The van der Waals surface area contributed by atoms with Crippen LogP contribution in [0.4, 0.5) is 0 Å². The van der Waals surface area contributed by atoms with E-state index in [1.54, 1.807) is 11.3 Å². The number of piperidine rings is 1. The van der Waals surface area contributed by atoms with Gasteiger partial charge in [0.1, 0.15) is 0 Å². The minimum absolute atomic E-state index is 0.0474. The molecule has 1 fully saturated rings. The Labute approximate surface area is 145 Å². The molecule has 4 heteroatoms. The van der Waals surface area contributed by atoms with Gasteiger partial charge in [0.25, 0.3) is 5.91 Å². The highest BCUT2D eigenvalue weighted by Gasteiger charge is 2.18. The highest BCUT2D eigenvalue weighted by Crippen LogP contribution is 2.30. The van der Waals surface area contributed by atoms with E-state index < -0.39 is 0 Å². The van der Waals surface area contributed by atoms with Gasteiger partial charge in [-0.2, -0.15) is 0 Å². The molecular weight excluding hydrogens is 316 g/mol. The van der Waals surface area contributed by atoms with Crippen LogP contribution < -0.4 is 10.6 Å². The van der Waals surface area contributed by atoms with Crippen LogP contribution in [0.3, 0.4) is 0 Å². The second-order valence-electron chi connectivity index (χ2n) is 6.25. The number of amides is 1. The van der Waals surface area contributed by atoms with Crippen molar-refractivity contribution < 1.29 is 4.79 Å². The van der Waals surface area contributed by atoms with E-state index in [0.717, 1.165) is 40.9 Å². The molecule has 0 unspecified atom stereocenters. The quantitative estimate of drug-likeness (QED) is 0.757. The van der Waals surface area contributed by atoms with E-state index in [1.165, 1.54) is 11.1 Å². The predicted molar refractivity (Wildman–Crippen MR) is 101 cm³/mol. The van der Waals surface area contributed by atoms with Crippen molar-refractivity contribution in [1.82, 2.24) is 10.6 Å². The van der Waals surface area contributed by atoms with Crippen molar-refractivity contribution in [2.24, 2.45) is 0 Å². The Bertz CT molecular complexity index is 850. The number of hydrogen-bond donors (Lipinski definition) is 2. The number of carbonyl (C=O) groups is 1. The maximum absolute atomic E-state index is 12.5. The SMILES string of the molecule is O=C(N[C@@H]1CCCNC1)c1cc2ccc(-c3ccccc3)cc2s1. The van der Waals surface area contributed by atoms with Gasteiger partial charge >= 0.3 is 0 Å². The summed E-state index contributed by atoms with van der Waals surface area (Å²) in [6, 6.07) is 19.0. The summed E-state index contributed by atoms with van der Waals surface area (Å²) in [5.74, 6) is 0.0474. The Morgan fingerprint density at radius 1 is 1.08 bits per heavy atom. The van der Waals surface area contributed by atoms with E-state index in [0.29, 0.717) is 0 Å². The molecule has 1 aliphatic heterocycles. The lowest BCUT2D eigenvalue weighted by Crippen LogP contribution is -2.45. The van der Waals surface area contributed by atoms with Crippen molar-refractivity contribution in [3.8, 4) is 11.1 Å². The summed E-state index contributed by atoms with van der Waals surface area (Å²) in [6.07, 6.45) is 2.18. The summed E-state index contributed by atoms with van der Waals surface area (Å²) < 4.78 is 1.16. The molecule has 2 N–H and O–H groups in total. The lowest BCUT2D eigenvalue weighted by atomic mass is 10.0. The molecule has 2 heterocycles. The molecule has 1 aliphatic rings. The lowest BCUT2D eigenvalue weighted by Gasteiger charge is -2.23. The molecule has 1 aromatic heterocycles. The van der Waals surface area contributed by atoms with Crippen LogP contribution in [0.25, 0.3) is 21.2 Å². The largest absolute Gasteiger partial charge is 0.347 e. The van der Waals surface area contributed by atoms with E-state index >= 15 is 0 Å². The standard InChI is InChI=1S/C20H20N2OS/c23-20(22-17-7-4-10-21-13-17)19-12-16-9-8-15(11-18(16)24-19)14-5-2-1-3-6-14/h1-3,5-6,8-9,11-12,17,21H,4,7,10,13H2,(H,22,23)/t17-/m1/s1. The average molecular weight is 336 g/mol. The number of carbonyl (C=O) groups excluding carboxylic acids is 1. The van der Waals surface area contributed by atoms with Crippen LogP contribution in [0.2, 0.25) is 0 Å². The summed E-state index contributed by atoms with van der Waals surface area (Å²) in [7, 11) is 0. The summed E-state index contributed by atoms with van der Waals surface area (Å²) in [5.41, 5.74) is 2.39. The highest BCUT2D eigenvalue weighted by atomic mass is 32.1. The summed E-state index contributed by atoms with van der Waals surface area (Å²) in [6.45, 7) is 1.92. The monoisotopic (exact) mass is 336 g/mol. The zero-order valence-corrected chi connectivity index (χ0v) is 14.2. The van der Waals surface area contributed by atoms with Crippen molar-refractivity contribution >= 4 is 27.3 Å². The molecule has 3 aromatic rings. The first-order valence-corrected chi connectivity index (χ1v) is 9.22. The fourth-order valence-electron chi connectivity index (χ4n) is 3.18. The molecule has 24 heavy (non-hydrogen) atoms. The van der Waals surface area contributed by atoms with Gasteiger partial charge in [0.2, 0.25) is 0 Å². The number of rotatable bonds is 3. The summed E-state index contributed by atoms with van der Waals surface area (Å²) >= 11 is 1.57. The molecule has 0 saturated carbocycles. The Hall–Kier alpha value is -2.17. The number of hydrogen-bond acceptors (Lipinski definition) is 3. The molecule has 0 bridgehead atoms. The molecule has 1 amide bonds. The molecule has 2 aromatic carbocycles. The van der Waals surface area contributed by atoms with Gasteiger partial charge in [0, 0.05) is 17.3 Å². The van der Waals surface area contributed by atoms with E-state index in [1.807, 2.05) is 24.3 Å². The van der Waals surface area contributed by atoms with E-state index in [-0.39, 0.29) is 11.9 Å². The zero-order valence-electron chi connectivity index (χ0n) is 13.4. The molecule has 3 nitrogen and oxygen atoms in total. The molecule has 4 rings (SSSR count). The fourth-order valence-corrected chi connectivity index (χ4v) is 4.19. The number of nitrogens with one attached hydrogen (secondary N) is 2. The van der Waals surface area contributed by atoms with Crippen LogP contribution in [0, 0.1) is 0 Å². The van der Waals surface area contributed by atoms with Crippen molar-refractivity contribution in [3.63, 3.8) is 0 Å². The first kappa shape index (κ1) is 15.4. The van der Waals surface area contributed by atoms with Gasteiger partial charge in [-0.05, 0) is 48.0 Å². The smallest absolute Gasteiger partial charge is 0.261 e. The van der Waals surface area contributed by atoms with E-state index in [2.05, 4.69) is 41.0 Å². The van der Waals surface area contributed by atoms with Gasteiger partial charge in [-0.3, -0.25) is 4.79 Å². The van der Waals surface area contributed by atoms with E-state index in [9.17, 15) is 4.79 Å². The van der Waals surface area contributed by atoms with Gasteiger partial charge in [0.15, 0.2) is 0 Å². The fraction of sp³-hybridized carbons (Fsp3) is 0.250. The number of thiophene rings is 1. The second-order valence-corrected chi connectivity index (χ2v) is 7.33. The normalized spacial score (nSPS) is 17.8. The third-order valence-electron chi connectivity index (χ3n) is 4.48. The third-order valence-corrected chi connectivity index (χ3v) is 5.58. The minimum atomic E-state index is 0.0474. The molecule has 1 saturated heterocycles. The van der Waals surface area contributed by atoms with E-state index in [4.69, 9.17) is 0 Å². The lowest BCUT2D eigenvalue weighted by molar-refractivity contribution is 0.0935. The van der Waals surface area contributed by atoms with Crippen LogP contribution in [-0.4, -0.2) is 25.0 Å². The highest BCUT2D eigenvalue weighted by molar-refractivity contribution is 7.20. The van der Waals surface area contributed by atoms with Gasteiger partial charge in [-0.25, -0.2) is 0 Å². The Morgan fingerprint density at radius 2 is 1.96 bits per heavy atom. The topological polar surface area (TPSA) is 41.1 Å². The minimum Gasteiger partial charge on any atom is -0.347 e. The number of benzene rings is 2. The van der Waals surface area contributed by atoms with Crippen LogP contribution in [0.1, 0.15) is 22.5 Å². The van der Waals surface area contributed by atoms with Gasteiger partial charge in [-0.1, -0.05) is 42.5 Å². The summed E-state index contributed by atoms with van der Waals surface area (Å²) in [5, 5.41) is 7.62. The van der Waals surface area contributed by atoms with Crippen molar-refractivity contribution in [1.29, 1.82) is 0 Å². The van der Waals surface area contributed by atoms with Crippen LogP contribution in [-0.2, 0) is 0 Å². The molecule has 1 atom stereocenters. The Kier molecular flexibility index (Phi) is 4.32. The molecule has 0 radical (unpaired) electrons. The maximum Gasteiger partial charge on any atom is 0.261 e. The molecular formula is C20H20N2OS. The second kappa shape index (κ2) is 6.75. The Morgan fingerprint density at radius 3 is 2.75 bits per heavy atom.